The van der Waals surface area contributed by atoms with Gasteiger partial charge in [0, 0.05) is 28.2 Å². The summed E-state index contributed by atoms with van der Waals surface area (Å²) in [6, 6.07) is 16.1. The average Bonchev–Trinajstić information content (AvgIpc) is 3.32. The molecule has 9 heteroatoms. The zero-order valence-corrected chi connectivity index (χ0v) is 17.4. The highest BCUT2D eigenvalue weighted by Gasteiger charge is 2.29. The molecule has 0 spiro atoms. The number of nitro groups is 1. The number of Topliss-reactive ketones (excluding diaryl/α,β-unsaturated/α-hetero) is 1. The lowest BCUT2D eigenvalue weighted by atomic mass is 9.99. The molecule has 0 fully saturated rings. The van der Waals surface area contributed by atoms with Crippen molar-refractivity contribution >= 4 is 28.3 Å². The van der Waals surface area contributed by atoms with Gasteiger partial charge >= 0.3 is 11.7 Å². The number of nitrogens with zero attached hydrogens (tertiary/aromatic N) is 3. The molecule has 0 saturated carbocycles. The van der Waals surface area contributed by atoms with Gasteiger partial charge in [0.15, 0.2) is 6.10 Å². The Morgan fingerprint density at radius 3 is 2.50 bits per heavy atom. The van der Waals surface area contributed by atoms with Crippen LogP contribution < -0.4 is 0 Å². The third-order valence-corrected chi connectivity index (χ3v) is 5.25. The first-order chi connectivity index (χ1) is 15.4. The first kappa shape index (κ1) is 21.0. The monoisotopic (exact) mass is 432 g/mol. The van der Waals surface area contributed by atoms with E-state index in [0.717, 1.165) is 10.9 Å². The maximum absolute atomic E-state index is 13.4. The number of hydrogen-bond donors (Lipinski definition) is 1. The van der Waals surface area contributed by atoms with Crippen molar-refractivity contribution in [3.05, 3.63) is 93.4 Å². The van der Waals surface area contributed by atoms with Gasteiger partial charge in [0.25, 0.3) is 0 Å². The van der Waals surface area contributed by atoms with Crippen LogP contribution >= 0.6 is 0 Å². The van der Waals surface area contributed by atoms with Crippen molar-refractivity contribution in [1.29, 1.82) is 0 Å². The predicted molar refractivity (Wildman–Crippen MR) is 116 cm³/mol. The van der Waals surface area contributed by atoms with Crippen LogP contribution in [0.1, 0.15) is 33.4 Å². The summed E-state index contributed by atoms with van der Waals surface area (Å²) >= 11 is 0. The smallest absolute Gasteiger partial charge is 0.328 e. The first-order valence-corrected chi connectivity index (χ1v) is 9.90. The summed E-state index contributed by atoms with van der Waals surface area (Å²) in [5.41, 5.74) is 2.02. The number of aromatic nitrogens is 3. The number of carbonyl (C=O) groups excluding carboxylic acids is 2. The summed E-state index contributed by atoms with van der Waals surface area (Å²) in [4.78, 5) is 39.9. The van der Waals surface area contributed by atoms with Crippen LogP contribution in [0.3, 0.4) is 0 Å². The Hall–Kier alpha value is -4.27. The third-order valence-electron chi connectivity index (χ3n) is 5.25. The lowest BCUT2D eigenvalue weighted by molar-refractivity contribution is -0.386. The number of H-pyrrole nitrogens is 1. The van der Waals surface area contributed by atoms with E-state index in [0.29, 0.717) is 11.1 Å². The molecule has 0 radical (unpaired) electrons. The number of ketones is 1. The van der Waals surface area contributed by atoms with Gasteiger partial charge in [0.1, 0.15) is 17.9 Å². The van der Waals surface area contributed by atoms with Crippen molar-refractivity contribution in [2.24, 2.45) is 0 Å². The van der Waals surface area contributed by atoms with Crippen molar-refractivity contribution in [3.8, 4) is 0 Å². The Balaban J connectivity index is 1.64. The molecular weight excluding hydrogens is 412 g/mol. The van der Waals surface area contributed by atoms with Gasteiger partial charge in [-0.05, 0) is 19.9 Å². The highest BCUT2D eigenvalue weighted by molar-refractivity contribution is 6.10. The number of esters is 1. The van der Waals surface area contributed by atoms with Crippen LogP contribution in [0.2, 0.25) is 0 Å². The third kappa shape index (κ3) is 3.87. The van der Waals surface area contributed by atoms with Gasteiger partial charge in [-0.3, -0.25) is 24.4 Å². The van der Waals surface area contributed by atoms with E-state index in [1.54, 1.807) is 36.5 Å². The zero-order chi connectivity index (χ0) is 22.8. The quantitative estimate of drug-likeness (QED) is 0.204. The molecule has 4 aromatic rings. The van der Waals surface area contributed by atoms with Crippen LogP contribution in [0.25, 0.3) is 10.9 Å². The second-order valence-corrected chi connectivity index (χ2v) is 7.33. The standard InChI is InChI=1S/C23H20N4O5/c1-14-21(27(30)31)15(2)26(25-14)13-20(28)32-23(16-8-4-3-5-9-16)22(29)18-12-24-19-11-7-6-10-17(18)19/h3-12,23-24H,13H2,1-2H3. The molecule has 2 heterocycles. The van der Waals surface area contributed by atoms with Crippen molar-refractivity contribution in [1.82, 2.24) is 14.8 Å². The Morgan fingerprint density at radius 2 is 1.81 bits per heavy atom. The Morgan fingerprint density at radius 1 is 1.12 bits per heavy atom. The minimum absolute atomic E-state index is 0.146. The fourth-order valence-corrected chi connectivity index (χ4v) is 3.71. The number of para-hydroxylation sites is 1. The molecular formula is C23H20N4O5. The average molecular weight is 432 g/mol. The lowest BCUT2D eigenvalue weighted by Gasteiger charge is -2.17. The van der Waals surface area contributed by atoms with Gasteiger partial charge in [-0.1, -0.05) is 48.5 Å². The summed E-state index contributed by atoms with van der Waals surface area (Å²) < 4.78 is 6.82. The largest absolute Gasteiger partial charge is 0.448 e. The van der Waals surface area contributed by atoms with E-state index in [1.165, 1.54) is 18.5 Å². The summed E-state index contributed by atoms with van der Waals surface area (Å²) in [7, 11) is 0. The molecule has 32 heavy (non-hydrogen) atoms. The molecule has 0 amide bonds. The van der Waals surface area contributed by atoms with Gasteiger partial charge < -0.3 is 9.72 Å². The van der Waals surface area contributed by atoms with Crippen LogP contribution in [0.4, 0.5) is 5.69 Å². The van der Waals surface area contributed by atoms with E-state index < -0.39 is 17.0 Å². The molecule has 0 aliphatic carbocycles. The van der Waals surface area contributed by atoms with Crippen LogP contribution in [0.15, 0.2) is 60.8 Å². The number of aryl methyl sites for hydroxylation is 1. The maximum Gasteiger partial charge on any atom is 0.328 e. The Kier molecular flexibility index (Phi) is 5.55. The van der Waals surface area contributed by atoms with Crippen LogP contribution in [0, 0.1) is 24.0 Å². The molecule has 1 unspecified atom stereocenters. The fraction of sp³-hybridized carbons (Fsp3) is 0.174. The van der Waals surface area contributed by atoms with E-state index in [-0.39, 0.29) is 29.4 Å². The highest BCUT2D eigenvalue weighted by Crippen LogP contribution is 2.28. The van der Waals surface area contributed by atoms with E-state index in [9.17, 15) is 19.7 Å². The van der Waals surface area contributed by atoms with Crippen LogP contribution in [-0.2, 0) is 16.1 Å². The highest BCUT2D eigenvalue weighted by atomic mass is 16.6. The van der Waals surface area contributed by atoms with Crippen molar-refractivity contribution < 1.29 is 19.2 Å². The second kappa shape index (κ2) is 8.46. The molecule has 162 valence electrons. The molecule has 9 nitrogen and oxygen atoms in total. The van der Waals surface area contributed by atoms with Crippen molar-refractivity contribution in [2.75, 3.05) is 0 Å². The van der Waals surface area contributed by atoms with E-state index >= 15 is 0 Å². The number of rotatable bonds is 7. The minimum Gasteiger partial charge on any atom is -0.448 e. The molecule has 1 atom stereocenters. The van der Waals surface area contributed by atoms with Gasteiger partial charge in [-0.25, -0.2) is 0 Å². The summed E-state index contributed by atoms with van der Waals surface area (Å²) in [6.07, 6.45) is 0.427. The normalized spacial score (nSPS) is 11.9. The fourth-order valence-electron chi connectivity index (χ4n) is 3.71. The number of hydrogen-bond acceptors (Lipinski definition) is 6. The van der Waals surface area contributed by atoms with Crippen molar-refractivity contribution in [3.63, 3.8) is 0 Å². The van der Waals surface area contributed by atoms with E-state index in [4.69, 9.17) is 4.74 Å². The number of carbonyl (C=O) groups is 2. The number of benzene rings is 2. The number of aromatic amines is 1. The van der Waals surface area contributed by atoms with Gasteiger partial charge in [0.05, 0.1) is 4.92 Å². The first-order valence-electron chi connectivity index (χ1n) is 9.90. The zero-order valence-electron chi connectivity index (χ0n) is 17.4. The molecule has 0 bridgehead atoms. The topological polar surface area (TPSA) is 120 Å². The molecule has 0 saturated heterocycles. The number of ether oxygens (including phenoxy) is 1. The van der Waals surface area contributed by atoms with Crippen LogP contribution in [0.5, 0.6) is 0 Å². The van der Waals surface area contributed by atoms with Gasteiger partial charge in [-0.2, -0.15) is 5.10 Å². The molecule has 0 aliphatic heterocycles. The lowest BCUT2D eigenvalue weighted by Crippen LogP contribution is -2.23. The van der Waals surface area contributed by atoms with Gasteiger partial charge in [-0.15, -0.1) is 0 Å². The molecule has 4 rings (SSSR count). The molecule has 2 aromatic carbocycles. The van der Waals surface area contributed by atoms with E-state index in [1.807, 2.05) is 24.3 Å². The second-order valence-electron chi connectivity index (χ2n) is 7.33. The molecule has 0 aliphatic rings. The SMILES string of the molecule is Cc1nn(CC(=O)OC(C(=O)c2c[nH]c3ccccc23)c2ccccc2)c(C)c1[N+](=O)[O-]. The Bertz CT molecular complexity index is 1320. The van der Waals surface area contributed by atoms with E-state index in [2.05, 4.69) is 10.1 Å². The molecule has 1 N–H and O–H groups in total. The van der Waals surface area contributed by atoms with Crippen LogP contribution in [-0.4, -0.2) is 31.4 Å². The Labute approximate surface area is 182 Å². The van der Waals surface area contributed by atoms with Crippen molar-refractivity contribution in [2.45, 2.75) is 26.5 Å². The summed E-state index contributed by atoms with van der Waals surface area (Å²) in [6.45, 7) is 2.66. The molecule has 2 aromatic heterocycles. The minimum atomic E-state index is -1.17. The number of fused-ring (bicyclic) bond motifs is 1. The van der Waals surface area contributed by atoms with Gasteiger partial charge in [0.2, 0.25) is 5.78 Å². The number of nitrogens with one attached hydrogen (secondary N) is 1. The summed E-state index contributed by atoms with van der Waals surface area (Å²) in [5.74, 6) is -1.10. The maximum atomic E-state index is 13.4. The predicted octanol–water partition coefficient (Wildman–Crippen LogP) is 4.06. The summed E-state index contributed by atoms with van der Waals surface area (Å²) in [5, 5.41) is 16.0.